The molecule has 3 aromatic rings. The Balaban J connectivity index is 1.01. The molecule has 1 saturated heterocycles. The molecular weight excluding hydrogens is 587 g/mol. The number of carbonyl (C=O) groups excluding carboxylic acids is 1. The lowest BCUT2D eigenvalue weighted by atomic mass is 9.62. The Kier molecular flexibility index (Phi) is 7.14. The van der Waals surface area contributed by atoms with Crippen LogP contribution >= 0.6 is 0 Å². The molecule has 4 aliphatic rings. The van der Waals surface area contributed by atoms with Crippen LogP contribution in [0.5, 0.6) is 17.5 Å². The number of rotatable bonds is 8. The molecular formula is C32H36F3N7O3. The van der Waals surface area contributed by atoms with Crippen molar-refractivity contribution in [2.24, 2.45) is 5.41 Å². The van der Waals surface area contributed by atoms with Crippen molar-refractivity contribution in [3.63, 3.8) is 0 Å². The molecule has 0 atom stereocenters. The first-order chi connectivity index (χ1) is 21.4. The summed E-state index contributed by atoms with van der Waals surface area (Å²) in [5.74, 6) is -2.58. The maximum atomic E-state index is 14.4. The average molecular weight is 624 g/mol. The van der Waals surface area contributed by atoms with Crippen LogP contribution in [-0.2, 0) is 13.0 Å². The fraction of sp³-hybridized carbons (Fsp3) is 0.531. The highest BCUT2D eigenvalue weighted by Gasteiger charge is 2.58. The molecule has 1 aromatic carbocycles. The summed E-state index contributed by atoms with van der Waals surface area (Å²) in [6.07, 6.45) is 5.39. The van der Waals surface area contributed by atoms with Crippen molar-refractivity contribution < 1.29 is 27.4 Å². The van der Waals surface area contributed by atoms with Crippen LogP contribution in [0.1, 0.15) is 68.1 Å². The Labute approximate surface area is 259 Å². The second kappa shape index (κ2) is 10.8. The average Bonchev–Trinajstić information content (AvgIpc) is 2.93. The number of amides is 1. The van der Waals surface area contributed by atoms with E-state index in [0.29, 0.717) is 5.82 Å². The zero-order valence-corrected chi connectivity index (χ0v) is 25.5. The molecule has 13 heteroatoms. The first kappa shape index (κ1) is 29.7. The van der Waals surface area contributed by atoms with E-state index in [-0.39, 0.29) is 28.8 Å². The van der Waals surface area contributed by atoms with E-state index < -0.39 is 42.1 Å². The van der Waals surface area contributed by atoms with Gasteiger partial charge in [0.25, 0.3) is 11.8 Å². The van der Waals surface area contributed by atoms with Crippen molar-refractivity contribution >= 4 is 11.7 Å². The van der Waals surface area contributed by atoms with Crippen molar-refractivity contribution in [1.29, 1.82) is 0 Å². The second-order valence-electron chi connectivity index (χ2n) is 13.5. The normalized spacial score (nSPS) is 20.9. The molecule has 0 bridgehead atoms. The zero-order valence-electron chi connectivity index (χ0n) is 25.5. The van der Waals surface area contributed by atoms with E-state index in [2.05, 4.69) is 30.4 Å². The number of carbonyl (C=O) groups is 1. The highest BCUT2D eigenvalue weighted by molar-refractivity contribution is 5.97. The summed E-state index contributed by atoms with van der Waals surface area (Å²) < 4.78 is 54.4. The van der Waals surface area contributed by atoms with Crippen molar-refractivity contribution in [1.82, 2.24) is 30.4 Å². The number of hydrogen-bond acceptors (Lipinski definition) is 9. The van der Waals surface area contributed by atoms with Crippen molar-refractivity contribution in [3.05, 3.63) is 59.3 Å². The number of nitrogens with zero attached hydrogens (tertiary/aromatic N) is 6. The predicted molar refractivity (Wildman–Crippen MR) is 158 cm³/mol. The molecule has 4 heterocycles. The number of nitrogens with one attached hydrogen (secondary N) is 1. The van der Waals surface area contributed by atoms with E-state index in [1.807, 2.05) is 12.3 Å². The topological polar surface area (TPSA) is 106 Å². The van der Waals surface area contributed by atoms with Crippen LogP contribution in [0.2, 0.25) is 0 Å². The minimum Gasteiger partial charge on any atom is -0.490 e. The molecule has 7 rings (SSSR count). The maximum absolute atomic E-state index is 14.4. The third kappa shape index (κ3) is 5.55. The van der Waals surface area contributed by atoms with Gasteiger partial charge in [0.05, 0.1) is 17.3 Å². The number of benzene rings is 1. The van der Waals surface area contributed by atoms with Crippen LogP contribution in [0.25, 0.3) is 0 Å². The van der Waals surface area contributed by atoms with Gasteiger partial charge in [-0.05, 0) is 57.9 Å². The van der Waals surface area contributed by atoms with Crippen molar-refractivity contribution in [2.45, 2.75) is 83.0 Å². The molecule has 3 fully saturated rings. The van der Waals surface area contributed by atoms with Crippen LogP contribution in [0.3, 0.4) is 0 Å². The molecule has 10 nitrogen and oxygen atoms in total. The van der Waals surface area contributed by atoms with Gasteiger partial charge in [0, 0.05) is 74.4 Å². The summed E-state index contributed by atoms with van der Waals surface area (Å²) in [4.78, 5) is 26.2. The fourth-order valence-electron chi connectivity index (χ4n) is 7.60. The number of aromatic nitrogens is 4. The molecule has 45 heavy (non-hydrogen) atoms. The molecule has 1 spiro atoms. The molecule has 0 radical (unpaired) electrons. The SMILES string of the molecule is CC(C)N(C(=O)c1cc(F)ccc1Oc1nncc(N2CC3(CC(Oc4ccnc5c4CNCC5)C3)C2)n1)C1(C)CC(F)(F)C1. The Morgan fingerprint density at radius 2 is 1.93 bits per heavy atom. The predicted octanol–water partition coefficient (Wildman–Crippen LogP) is 4.93. The van der Waals surface area contributed by atoms with Crippen molar-refractivity contribution in [2.75, 3.05) is 24.5 Å². The minimum absolute atomic E-state index is 0.0215. The van der Waals surface area contributed by atoms with E-state index >= 15 is 0 Å². The van der Waals surface area contributed by atoms with E-state index in [1.54, 1.807) is 27.0 Å². The van der Waals surface area contributed by atoms with Crippen LogP contribution in [-0.4, -0.2) is 74.2 Å². The third-order valence-electron chi connectivity index (χ3n) is 9.43. The van der Waals surface area contributed by atoms with Crippen LogP contribution < -0.4 is 19.7 Å². The van der Waals surface area contributed by atoms with Gasteiger partial charge < -0.3 is 24.6 Å². The first-order valence-corrected chi connectivity index (χ1v) is 15.4. The Morgan fingerprint density at radius 1 is 1.16 bits per heavy atom. The standard InChI is InChI=1S/C32H36F3N7O3/c1-19(2)42(30(3)15-32(34,35)16-30)28(43)22-10-20(33)4-5-25(22)45-29-39-27(14-38-40-29)41-17-31(18-41)11-21(12-31)44-26-7-9-37-24-6-8-36-13-23(24)26/h4-5,7,9-10,14,19,21,36H,6,8,11-13,15-18H2,1-3H3. The summed E-state index contributed by atoms with van der Waals surface area (Å²) in [5.41, 5.74) is 1.25. The minimum atomic E-state index is -2.84. The molecule has 0 unspecified atom stereocenters. The van der Waals surface area contributed by atoms with E-state index in [4.69, 9.17) is 9.47 Å². The van der Waals surface area contributed by atoms with Gasteiger partial charge in [0.1, 0.15) is 23.4 Å². The summed E-state index contributed by atoms with van der Waals surface area (Å²) in [7, 11) is 0. The summed E-state index contributed by atoms with van der Waals surface area (Å²) in [6, 6.07) is 4.98. The Hall–Kier alpha value is -4.00. The highest BCUT2D eigenvalue weighted by atomic mass is 19.3. The number of pyridine rings is 1. The lowest BCUT2D eigenvalue weighted by molar-refractivity contribution is -0.163. The van der Waals surface area contributed by atoms with E-state index in [9.17, 15) is 18.0 Å². The zero-order chi connectivity index (χ0) is 31.6. The fourth-order valence-corrected chi connectivity index (χ4v) is 7.60. The second-order valence-corrected chi connectivity index (χ2v) is 13.5. The van der Waals surface area contributed by atoms with Gasteiger partial charge in [0.2, 0.25) is 0 Å². The molecule has 1 N–H and O–H groups in total. The van der Waals surface area contributed by atoms with Crippen LogP contribution in [0.4, 0.5) is 19.0 Å². The van der Waals surface area contributed by atoms with E-state index in [1.165, 1.54) is 11.0 Å². The molecule has 1 amide bonds. The Morgan fingerprint density at radius 3 is 2.67 bits per heavy atom. The van der Waals surface area contributed by atoms with Gasteiger partial charge in [-0.2, -0.15) is 10.1 Å². The molecule has 2 saturated carbocycles. The quantitative estimate of drug-likeness (QED) is 0.374. The smallest absolute Gasteiger partial charge is 0.343 e. The van der Waals surface area contributed by atoms with E-state index in [0.717, 1.165) is 74.6 Å². The number of alkyl halides is 2. The number of anilines is 1. The van der Waals surface area contributed by atoms with Gasteiger partial charge in [-0.3, -0.25) is 9.78 Å². The first-order valence-electron chi connectivity index (χ1n) is 15.4. The van der Waals surface area contributed by atoms with Gasteiger partial charge in [0.15, 0.2) is 5.82 Å². The molecule has 2 aromatic heterocycles. The molecule has 238 valence electrons. The Bertz CT molecular complexity index is 1620. The van der Waals surface area contributed by atoms with Gasteiger partial charge in [-0.15, -0.1) is 0 Å². The molecule has 2 aliphatic carbocycles. The largest absolute Gasteiger partial charge is 0.490 e. The lowest BCUT2D eigenvalue weighted by Gasteiger charge is -2.58. The van der Waals surface area contributed by atoms with Gasteiger partial charge in [-0.1, -0.05) is 5.10 Å². The molecule has 2 aliphatic heterocycles. The number of ether oxygens (including phenoxy) is 2. The third-order valence-corrected chi connectivity index (χ3v) is 9.43. The number of fused-ring (bicyclic) bond motifs is 1. The summed E-state index contributed by atoms with van der Waals surface area (Å²) >= 11 is 0. The monoisotopic (exact) mass is 623 g/mol. The maximum Gasteiger partial charge on any atom is 0.343 e. The van der Waals surface area contributed by atoms with Crippen LogP contribution in [0, 0.1) is 11.2 Å². The summed E-state index contributed by atoms with van der Waals surface area (Å²) in [5, 5.41) is 11.4. The number of hydrogen-bond donors (Lipinski definition) is 1. The van der Waals surface area contributed by atoms with Crippen LogP contribution in [0.15, 0.2) is 36.7 Å². The van der Waals surface area contributed by atoms with Gasteiger partial charge in [-0.25, -0.2) is 13.2 Å². The highest BCUT2D eigenvalue weighted by Crippen LogP contribution is 2.52. The van der Waals surface area contributed by atoms with Crippen molar-refractivity contribution in [3.8, 4) is 17.5 Å². The summed E-state index contributed by atoms with van der Waals surface area (Å²) in [6.45, 7) is 8.39. The van der Waals surface area contributed by atoms with Gasteiger partial charge >= 0.3 is 6.01 Å². The number of halogens is 3. The lowest BCUT2D eigenvalue weighted by Crippen LogP contribution is -2.65.